The molecule has 4 nitrogen and oxygen atoms in total. The molecule has 0 aliphatic carbocycles. The number of aromatic nitrogens is 1. The van der Waals surface area contributed by atoms with Crippen molar-refractivity contribution in [1.29, 1.82) is 0 Å². The van der Waals surface area contributed by atoms with E-state index in [1.165, 1.54) is 11.1 Å². The zero-order chi connectivity index (χ0) is 12.6. The summed E-state index contributed by atoms with van der Waals surface area (Å²) in [6.07, 6.45) is 3.91. The Morgan fingerprint density at radius 3 is 3.00 bits per heavy atom. The fourth-order valence-electron chi connectivity index (χ4n) is 3.27. The number of piperidine rings is 1. The molecule has 1 aromatic heterocycles. The van der Waals surface area contributed by atoms with Gasteiger partial charge >= 0.3 is 0 Å². The molecule has 1 spiro atoms. The summed E-state index contributed by atoms with van der Waals surface area (Å²) in [7, 11) is 1.71. The van der Waals surface area contributed by atoms with Crippen LogP contribution in [0.15, 0.2) is 12.3 Å². The first-order valence-electron chi connectivity index (χ1n) is 6.60. The van der Waals surface area contributed by atoms with Crippen LogP contribution in [0.1, 0.15) is 35.8 Å². The van der Waals surface area contributed by atoms with Gasteiger partial charge in [0, 0.05) is 18.9 Å². The van der Waals surface area contributed by atoms with E-state index in [9.17, 15) is 0 Å². The molecule has 1 saturated heterocycles. The van der Waals surface area contributed by atoms with Gasteiger partial charge in [-0.25, -0.2) is 0 Å². The molecule has 3 rings (SSSR count). The number of aryl methyl sites for hydroxylation is 1. The third kappa shape index (κ3) is 1.76. The third-order valence-electron chi connectivity index (χ3n) is 4.05. The van der Waals surface area contributed by atoms with Crippen LogP contribution in [-0.2, 0) is 15.1 Å². The van der Waals surface area contributed by atoms with Gasteiger partial charge in [-0.05, 0) is 44.5 Å². The van der Waals surface area contributed by atoms with Gasteiger partial charge < -0.3 is 14.8 Å². The molecule has 1 unspecified atom stereocenters. The van der Waals surface area contributed by atoms with Gasteiger partial charge in [0.15, 0.2) is 0 Å². The first-order chi connectivity index (χ1) is 8.77. The van der Waals surface area contributed by atoms with Crippen molar-refractivity contribution in [2.24, 2.45) is 0 Å². The van der Waals surface area contributed by atoms with Crippen LogP contribution in [0.4, 0.5) is 0 Å². The molecular weight excluding hydrogens is 228 g/mol. The highest BCUT2D eigenvalue weighted by atomic mass is 16.5. The van der Waals surface area contributed by atoms with E-state index in [-0.39, 0.29) is 11.7 Å². The lowest BCUT2D eigenvalue weighted by Crippen LogP contribution is -2.40. The molecule has 1 N–H and O–H groups in total. The molecule has 18 heavy (non-hydrogen) atoms. The smallest absolute Gasteiger partial charge is 0.124 e. The van der Waals surface area contributed by atoms with Crippen LogP contribution in [0.5, 0.6) is 0 Å². The predicted octanol–water partition coefficient (Wildman–Crippen LogP) is 1.69. The molecule has 3 heterocycles. The quantitative estimate of drug-likeness (QED) is 0.865. The minimum atomic E-state index is -0.137. The van der Waals surface area contributed by atoms with Crippen molar-refractivity contribution in [3.05, 3.63) is 29.1 Å². The van der Waals surface area contributed by atoms with Crippen LogP contribution in [-0.4, -0.2) is 31.8 Å². The molecule has 0 radical (unpaired) electrons. The number of ether oxygens (including phenoxy) is 2. The Hall–Kier alpha value is -0.970. The van der Waals surface area contributed by atoms with E-state index in [0.717, 1.165) is 31.6 Å². The monoisotopic (exact) mass is 248 g/mol. The standard InChI is InChI=1S/C14H20N2O2/c1-10-3-6-16-13-11(9-17-2)18-14(12(10)13)4-7-15-8-5-14/h3,6,11,15H,4-5,7-9H2,1-2H3. The van der Waals surface area contributed by atoms with Gasteiger partial charge in [-0.1, -0.05) is 0 Å². The summed E-state index contributed by atoms with van der Waals surface area (Å²) in [4.78, 5) is 4.54. The van der Waals surface area contributed by atoms with Gasteiger partial charge in [-0.15, -0.1) is 0 Å². The van der Waals surface area contributed by atoms with Crippen molar-refractivity contribution in [2.75, 3.05) is 26.8 Å². The normalized spacial score (nSPS) is 25.3. The Morgan fingerprint density at radius 1 is 1.50 bits per heavy atom. The topological polar surface area (TPSA) is 43.4 Å². The van der Waals surface area contributed by atoms with Crippen molar-refractivity contribution < 1.29 is 9.47 Å². The Morgan fingerprint density at radius 2 is 2.28 bits per heavy atom. The Bertz CT molecular complexity index is 441. The van der Waals surface area contributed by atoms with E-state index < -0.39 is 0 Å². The molecule has 98 valence electrons. The number of nitrogens with one attached hydrogen (secondary N) is 1. The molecule has 0 saturated carbocycles. The van der Waals surface area contributed by atoms with E-state index in [4.69, 9.17) is 9.47 Å². The average Bonchev–Trinajstić information content (AvgIpc) is 2.67. The lowest BCUT2D eigenvalue weighted by atomic mass is 9.83. The van der Waals surface area contributed by atoms with Crippen LogP contribution in [0.25, 0.3) is 0 Å². The SMILES string of the molecule is COCC1OC2(CCNCC2)c2c(C)ccnc21. The minimum absolute atomic E-state index is 0.0111. The molecule has 1 atom stereocenters. The fraction of sp³-hybridized carbons (Fsp3) is 0.643. The molecule has 1 fully saturated rings. The first-order valence-corrected chi connectivity index (χ1v) is 6.60. The van der Waals surface area contributed by atoms with E-state index in [0.29, 0.717) is 6.61 Å². The summed E-state index contributed by atoms with van der Waals surface area (Å²) >= 11 is 0. The van der Waals surface area contributed by atoms with Crippen LogP contribution in [0.3, 0.4) is 0 Å². The van der Waals surface area contributed by atoms with E-state index in [1.807, 2.05) is 6.20 Å². The second-order valence-electron chi connectivity index (χ2n) is 5.19. The maximum absolute atomic E-state index is 6.35. The van der Waals surface area contributed by atoms with Crippen molar-refractivity contribution in [3.63, 3.8) is 0 Å². The van der Waals surface area contributed by atoms with E-state index in [2.05, 4.69) is 23.3 Å². The summed E-state index contributed by atoms with van der Waals surface area (Å²) in [5.74, 6) is 0. The zero-order valence-corrected chi connectivity index (χ0v) is 11.0. The third-order valence-corrected chi connectivity index (χ3v) is 4.05. The minimum Gasteiger partial charge on any atom is -0.382 e. The van der Waals surface area contributed by atoms with Crippen LogP contribution >= 0.6 is 0 Å². The first kappa shape index (κ1) is 12.1. The number of pyridine rings is 1. The van der Waals surface area contributed by atoms with Gasteiger partial charge in [0.1, 0.15) is 6.10 Å². The van der Waals surface area contributed by atoms with Crippen LogP contribution in [0, 0.1) is 6.92 Å². The average molecular weight is 248 g/mol. The number of hydrogen-bond donors (Lipinski definition) is 1. The largest absolute Gasteiger partial charge is 0.382 e. The number of hydrogen-bond acceptors (Lipinski definition) is 4. The number of methoxy groups -OCH3 is 1. The van der Waals surface area contributed by atoms with E-state index >= 15 is 0 Å². The van der Waals surface area contributed by atoms with Crippen molar-refractivity contribution in [2.45, 2.75) is 31.5 Å². The Balaban J connectivity index is 2.05. The molecule has 0 aromatic carbocycles. The van der Waals surface area contributed by atoms with Crippen LogP contribution < -0.4 is 5.32 Å². The zero-order valence-electron chi connectivity index (χ0n) is 11.0. The maximum Gasteiger partial charge on any atom is 0.124 e. The Labute approximate surface area is 108 Å². The summed E-state index contributed by atoms with van der Waals surface area (Å²) in [6.45, 7) is 4.75. The Kier molecular flexibility index (Phi) is 3.09. The number of rotatable bonds is 2. The van der Waals surface area contributed by atoms with Gasteiger partial charge in [-0.2, -0.15) is 0 Å². The van der Waals surface area contributed by atoms with Crippen LogP contribution in [0.2, 0.25) is 0 Å². The predicted molar refractivity (Wildman–Crippen MR) is 68.5 cm³/mol. The lowest BCUT2D eigenvalue weighted by Gasteiger charge is -2.35. The maximum atomic E-state index is 6.35. The molecular formula is C14H20N2O2. The highest BCUT2D eigenvalue weighted by Gasteiger charge is 2.47. The van der Waals surface area contributed by atoms with Crippen molar-refractivity contribution in [3.8, 4) is 0 Å². The fourth-order valence-corrected chi connectivity index (χ4v) is 3.27. The summed E-state index contributed by atoms with van der Waals surface area (Å²) in [6, 6.07) is 2.08. The molecule has 4 heteroatoms. The van der Waals surface area contributed by atoms with Gasteiger partial charge in [0.05, 0.1) is 17.9 Å². The molecule has 0 bridgehead atoms. The molecule has 2 aliphatic heterocycles. The molecule has 1 aromatic rings. The summed E-state index contributed by atoms with van der Waals surface area (Å²) < 4.78 is 11.6. The van der Waals surface area contributed by atoms with Gasteiger partial charge in [0.2, 0.25) is 0 Å². The second-order valence-corrected chi connectivity index (χ2v) is 5.19. The number of nitrogens with zero attached hydrogens (tertiary/aromatic N) is 1. The number of fused-ring (bicyclic) bond motifs is 2. The van der Waals surface area contributed by atoms with Crippen molar-refractivity contribution >= 4 is 0 Å². The highest BCUT2D eigenvalue weighted by molar-refractivity contribution is 5.40. The molecule has 0 amide bonds. The highest BCUT2D eigenvalue weighted by Crippen LogP contribution is 2.48. The lowest BCUT2D eigenvalue weighted by molar-refractivity contribution is -0.114. The van der Waals surface area contributed by atoms with Gasteiger partial charge in [0.25, 0.3) is 0 Å². The molecule has 2 aliphatic rings. The summed E-state index contributed by atoms with van der Waals surface area (Å²) in [5.41, 5.74) is 3.55. The second kappa shape index (κ2) is 4.61. The van der Waals surface area contributed by atoms with E-state index in [1.54, 1.807) is 7.11 Å². The van der Waals surface area contributed by atoms with Crippen molar-refractivity contribution in [1.82, 2.24) is 10.3 Å². The van der Waals surface area contributed by atoms with Gasteiger partial charge in [-0.3, -0.25) is 4.98 Å². The summed E-state index contributed by atoms with van der Waals surface area (Å²) in [5, 5.41) is 3.40.